The van der Waals surface area contributed by atoms with Crippen molar-refractivity contribution in [2.75, 3.05) is 18.5 Å². The zero-order valence-corrected chi connectivity index (χ0v) is 12.4. The van der Waals surface area contributed by atoms with E-state index in [1.807, 2.05) is 19.1 Å². The SMILES string of the molecule is CCCCNc1nc2ccc(OCC)cc2s1.Cl. The summed E-state index contributed by atoms with van der Waals surface area (Å²) in [5, 5.41) is 4.35. The Labute approximate surface area is 118 Å². The van der Waals surface area contributed by atoms with Gasteiger partial charge in [-0.1, -0.05) is 24.7 Å². The molecule has 0 amide bonds. The Morgan fingerprint density at radius 3 is 2.89 bits per heavy atom. The van der Waals surface area contributed by atoms with Gasteiger partial charge in [-0.05, 0) is 31.5 Å². The molecule has 0 saturated heterocycles. The fraction of sp³-hybridized carbons (Fsp3) is 0.462. The van der Waals surface area contributed by atoms with Gasteiger partial charge in [0.15, 0.2) is 5.13 Å². The molecule has 100 valence electrons. The molecular weight excluding hydrogens is 268 g/mol. The molecule has 1 aromatic carbocycles. The first kappa shape index (κ1) is 15.1. The van der Waals surface area contributed by atoms with Gasteiger partial charge in [-0.3, -0.25) is 0 Å². The highest BCUT2D eigenvalue weighted by Gasteiger charge is 2.04. The van der Waals surface area contributed by atoms with Crippen LogP contribution in [0.2, 0.25) is 0 Å². The summed E-state index contributed by atoms with van der Waals surface area (Å²) in [7, 11) is 0. The van der Waals surface area contributed by atoms with Crippen LogP contribution in [0, 0.1) is 0 Å². The molecule has 0 radical (unpaired) electrons. The van der Waals surface area contributed by atoms with Crippen LogP contribution in [-0.4, -0.2) is 18.1 Å². The lowest BCUT2D eigenvalue weighted by Crippen LogP contribution is -1.99. The molecule has 2 aromatic rings. The third-order valence-corrected chi connectivity index (χ3v) is 3.45. The van der Waals surface area contributed by atoms with Gasteiger partial charge in [-0.15, -0.1) is 12.4 Å². The van der Waals surface area contributed by atoms with Gasteiger partial charge in [-0.2, -0.15) is 0 Å². The molecule has 1 N–H and O–H groups in total. The van der Waals surface area contributed by atoms with Crippen LogP contribution >= 0.6 is 23.7 Å². The molecule has 1 heterocycles. The number of hydrogen-bond donors (Lipinski definition) is 1. The zero-order valence-electron chi connectivity index (χ0n) is 10.7. The van der Waals surface area contributed by atoms with E-state index in [0.29, 0.717) is 6.61 Å². The lowest BCUT2D eigenvalue weighted by Gasteiger charge is -2.00. The number of unbranched alkanes of at least 4 members (excludes halogenated alkanes) is 1. The van der Waals surface area contributed by atoms with E-state index in [9.17, 15) is 0 Å². The second-order valence-electron chi connectivity index (χ2n) is 3.86. The number of halogens is 1. The standard InChI is InChI=1S/C13H18N2OS.ClH/c1-3-5-8-14-13-15-11-7-6-10(16-4-2)9-12(11)17-13;/h6-7,9H,3-5,8H2,1-2H3,(H,14,15);1H. The average molecular weight is 287 g/mol. The smallest absolute Gasteiger partial charge is 0.183 e. The van der Waals surface area contributed by atoms with Crippen LogP contribution < -0.4 is 10.1 Å². The molecule has 18 heavy (non-hydrogen) atoms. The quantitative estimate of drug-likeness (QED) is 0.803. The minimum absolute atomic E-state index is 0. The Morgan fingerprint density at radius 1 is 1.33 bits per heavy atom. The Kier molecular flexibility index (Phi) is 6.22. The van der Waals surface area contributed by atoms with E-state index < -0.39 is 0 Å². The maximum atomic E-state index is 5.48. The summed E-state index contributed by atoms with van der Waals surface area (Å²) in [6, 6.07) is 6.05. The number of ether oxygens (including phenoxy) is 1. The number of aromatic nitrogens is 1. The maximum Gasteiger partial charge on any atom is 0.183 e. The zero-order chi connectivity index (χ0) is 12.1. The first-order valence-electron chi connectivity index (χ1n) is 6.10. The summed E-state index contributed by atoms with van der Waals surface area (Å²) in [4.78, 5) is 4.54. The monoisotopic (exact) mass is 286 g/mol. The third kappa shape index (κ3) is 3.75. The van der Waals surface area contributed by atoms with Crippen molar-refractivity contribution in [2.24, 2.45) is 0 Å². The third-order valence-electron chi connectivity index (χ3n) is 2.48. The molecular formula is C13H19ClN2OS. The lowest BCUT2D eigenvalue weighted by molar-refractivity contribution is 0.341. The molecule has 0 spiro atoms. The molecule has 5 heteroatoms. The summed E-state index contributed by atoms with van der Waals surface area (Å²) in [6.45, 7) is 5.88. The Hall–Kier alpha value is -1.000. The highest BCUT2D eigenvalue weighted by Crippen LogP contribution is 2.29. The van der Waals surface area contributed by atoms with Gasteiger partial charge >= 0.3 is 0 Å². The summed E-state index contributed by atoms with van der Waals surface area (Å²) in [5.74, 6) is 0.920. The fourth-order valence-corrected chi connectivity index (χ4v) is 2.53. The number of hydrogen-bond acceptors (Lipinski definition) is 4. The van der Waals surface area contributed by atoms with Crippen molar-refractivity contribution < 1.29 is 4.74 Å². The highest BCUT2D eigenvalue weighted by atomic mass is 35.5. The van der Waals surface area contributed by atoms with Crippen LogP contribution in [0.25, 0.3) is 10.2 Å². The number of rotatable bonds is 6. The van der Waals surface area contributed by atoms with Crippen LogP contribution in [0.15, 0.2) is 18.2 Å². The maximum absolute atomic E-state index is 5.48. The number of thiazole rings is 1. The molecule has 0 fully saturated rings. The van der Waals surface area contributed by atoms with Crippen molar-refractivity contribution in [3.63, 3.8) is 0 Å². The lowest BCUT2D eigenvalue weighted by atomic mass is 10.3. The highest BCUT2D eigenvalue weighted by molar-refractivity contribution is 7.22. The largest absolute Gasteiger partial charge is 0.494 e. The average Bonchev–Trinajstić information content (AvgIpc) is 2.72. The second kappa shape index (κ2) is 7.44. The number of anilines is 1. The number of benzene rings is 1. The molecule has 0 aliphatic heterocycles. The van der Waals surface area contributed by atoms with Crippen molar-refractivity contribution in [1.29, 1.82) is 0 Å². The normalized spacial score (nSPS) is 10.1. The van der Waals surface area contributed by atoms with E-state index in [4.69, 9.17) is 4.74 Å². The summed E-state index contributed by atoms with van der Waals surface area (Å²) in [6.07, 6.45) is 2.38. The van der Waals surface area contributed by atoms with Gasteiger partial charge in [0, 0.05) is 6.54 Å². The first-order valence-corrected chi connectivity index (χ1v) is 6.92. The van der Waals surface area contributed by atoms with Gasteiger partial charge < -0.3 is 10.1 Å². The Bertz CT molecular complexity index is 487. The number of nitrogens with one attached hydrogen (secondary N) is 1. The van der Waals surface area contributed by atoms with E-state index in [0.717, 1.165) is 22.9 Å². The summed E-state index contributed by atoms with van der Waals surface area (Å²) < 4.78 is 6.66. The molecule has 0 atom stereocenters. The van der Waals surface area contributed by atoms with E-state index >= 15 is 0 Å². The van der Waals surface area contributed by atoms with Crippen molar-refractivity contribution in [3.8, 4) is 5.75 Å². The Balaban J connectivity index is 0.00000162. The summed E-state index contributed by atoms with van der Waals surface area (Å²) in [5.41, 5.74) is 1.04. The van der Waals surface area contributed by atoms with Gasteiger partial charge in [0.1, 0.15) is 5.75 Å². The van der Waals surface area contributed by atoms with Gasteiger partial charge in [0.25, 0.3) is 0 Å². The van der Waals surface area contributed by atoms with E-state index in [2.05, 4.69) is 23.3 Å². The molecule has 0 aliphatic carbocycles. The molecule has 0 saturated carbocycles. The molecule has 0 bridgehead atoms. The van der Waals surface area contributed by atoms with Crippen LogP contribution in [-0.2, 0) is 0 Å². The molecule has 0 aliphatic rings. The number of nitrogens with zero attached hydrogens (tertiary/aromatic N) is 1. The predicted molar refractivity (Wildman–Crippen MR) is 81.4 cm³/mol. The fourth-order valence-electron chi connectivity index (χ4n) is 1.61. The predicted octanol–water partition coefficient (Wildman–Crippen LogP) is 4.33. The van der Waals surface area contributed by atoms with Crippen LogP contribution in [0.4, 0.5) is 5.13 Å². The van der Waals surface area contributed by atoms with Gasteiger partial charge in [-0.25, -0.2) is 4.98 Å². The molecule has 3 nitrogen and oxygen atoms in total. The van der Waals surface area contributed by atoms with Crippen LogP contribution in [0.5, 0.6) is 5.75 Å². The Morgan fingerprint density at radius 2 is 2.17 bits per heavy atom. The second-order valence-corrected chi connectivity index (χ2v) is 4.89. The van der Waals surface area contributed by atoms with E-state index in [1.165, 1.54) is 17.5 Å². The van der Waals surface area contributed by atoms with Crippen molar-refractivity contribution in [2.45, 2.75) is 26.7 Å². The van der Waals surface area contributed by atoms with Crippen LogP contribution in [0.3, 0.4) is 0 Å². The van der Waals surface area contributed by atoms with Crippen molar-refractivity contribution in [3.05, 3.63) is 18.2 Å². The molecule has 0 unspecified atom stereocenters. The minimum atomic E-state index is 0. The van der Waals surface area contributed by atoms with Gasteiger partial charge in [0.2, 0.25) is 0 Å². The molecule has 2 rings (SSSR count). The topological polar surface area (TPSA) is 34.2 Å². The van der Waals surface area contributed by atoms with E-state index in [1.54, 1.807) is 11.3 Å². The van der Waals surface area contributed by atoms with Crippen LogP contribution in [0.1, 0.15) is 26.7 Å². The molecule has 1 aromatic heterocycles. The summed E-state index contributed by atoms with van der Waals surface area (Å²) >= 11 is 1.69. The first-order chi connectivity index (χ1) is 8.33. The van der Waals surface area contributed by atoms with Gasteiger partial charge in [0.05, 0.1) is 16.8 Å². The van der Waals surface area contributed by atoms with E-state index in [-0.39, 0.29) is 12.4 Å². The van der Waals surface area contributed by atoms with Crippen molar-refractivity contribution >= 4 is 39.1 Å². The number of fused-ring (bicyclic) bond motifs is 1. The minimum Gasteiger partial charge on any atom is -0.494 e. The van der Waals surface area contributed by atoms with Crippen molar-refractivity contribution in [1.82, 2.24) is 4.98 Å².